The molecule has 3 unspecified atom stereocenters. The van der Waals surface area contributed by atoms with Crippen molar-refractivity contribution in [3.05, 3.63) is 84.4 Å². The molecule has 3 nitrogen and oxygen atoms in total. The van der Waals surface area contributed by atoms with Crippen molar-refractivity contribution in [1.29, 1.82) is 0 Å². The van der Waals surface area contributed by atoms with Crippen molar-refractivity contribution < 1.29 is 5.21 Å². The molecule has 3 heteroatoms. The molecule has 1 fully saturated rings. The van der Waals surface area contributed by atoms with E-state index in [-0.39, 0.29) is 18.0 Å². The van der Waals surface area contributed by atoms with Crippen LogP contribution in [0.1, 0.15) is 36.6 Å². The molecular weight excluding hydrogens is 296 g/mol. The van der Waals surface area contributed by atoms with Crippen molar-refractivity contribution in [3.8, 4) is 0 Å². The average molecular weight is 320 g/mol. The van der Waals surface area contributed by atoms with Gasteiger partial charge in [-0.1, -0.05) is 78.8 Å². The minimum atomic E-state index is 0.150. The summed E-state index contributed by atoms with van der Waals surface area (Å²) in [6.45, 7) is 6.89. The second-order valence-corrected chi connectivity index (χ2v) is 6.35. The molecule has 1 aliphatic rings. The predicted molar refractivity (Wildman–Crippen MR) is 98.3 cm³/mol. The normalized spacial score (nSPS) is 26.4. The minimum absolute atomic E-state index is 0.150. The second-order valence-electron chi connectivity index (χ2n) is 6.35. The van der Waals surface area contributed by atoms with E-state index in [9.17, 15) is 5.21 Å². The molecule has 0 amide bonds. The molecular formula is C21H24N2O. The van der Waals surface area contributed by atoms with E-state index in [4.69, 9.17) is 0 Å². The van der Waals surface area contributed by atoms with Crippen LogP contribution in [-0.4, -0.2) is 22.4 Å². The number of nitrogens with zero attached hydrogens (tertiary/aromatic N) is 2. The van der Waals surface area contributed by atoms with Crippen LogP contribution >= 0.6 is 0 Å². The third-order valence-electron chi connectivity index (χ3n) is 4.95. The number of oxime groups is 1. The lowest BCUT2D eigenvalue weighted by Gasteiger charge is -2.46. The van der Waals surface area contributed by atoms with Gasteiger partial charge in [0.15, 0.2) is 0 Å². The number of rotatable bonds is 4. The molecule has 0 radical (unpaired) electrons. The van der Waals surface area contributed by atoms with Crippen molar-refractivity contribution in [3.63, 3.8) is 0 Å². The summed E-state index contributed by atoms with van der Waals surface area (Å²) in [7, 11) is 0. The zero-order chi connectivity index (χ0) is 16.9. The van der Waals surface area contributed by atoms with E-state index in [0.29, 0.717) is 0 Å². The number of hydrogen-bond donors (Lipinski definition) is 1. The number of piperidine rings is 1. The highest BCUT2D eigenvalue weighted by molar-refractivity contribution is 5.88. The molecule has 0 saturated carbocycles. The van der Waals surface area contributed by atoms with Crippen LogP contribution in [0.2, 0.25) is 0 Å². The van der Waals surface area contributed by atoms with Crippen molar-refractivity contribution in [2.75, 3.05) is 6.54 Å². The third-order valence-corrected chi connectivity index (χ3v) is 4.95. The standard InChI is InChI=1S/C21H24N2O/c1-3-14-23-20(17-10-6-4-7-11-17)15-19(22-24)16(2)21(23)18-12-8-5-9-13-18/h3-13,16,20-21,24H,1,14-15H2,2H3/b22-19+. The third kappa shape index (κ3) is 3.13. The van der Waals surface area contributed by atoms with Crippen molar-refractivity contribution in [1.82, 2.24) is 4.90 Å². The molecule has 1 heterocycles. The molecule has 1 aliphatic heterocycles. The van der Waals surface area contributed by atoms with E-state index in [0.717, 1.165) is 18.7 Å². The number of likely N-dealkylation sites (tertiary alicyclic amines) is 1. The highest BCUT2D eigenvalue weighted by Gasteiger charge is 2.39. The summed E-state index contributed by atoms with van der Waals surface area (Å²) in [4.78, 5) is 2.47. The maximum absolute atomic E-state index is 9.56. The number of hydrogen-bond acceptors (Lipinski definition) is 3. The fraction of sp³-hybridized carbons (Fsp3) is 0.286. The van der Waals surface area contributed by atoms with Crippen LogP contribution < -0.4 is 0 Å². The first-order chi connectivity index (χ1) is 11.8. The Labute approximate surface area is 143 Å². The summed E-state index contributed by atoms with van der Waals surface area (Å²) in [6.07, 6.45) is 2.69. The fourth-order valence-corrected chi connectivity index (χ4v) is 3.80. The zero-order valence-corrected chi connectivity index (χ0v) is 14.0. The summed E-state index contributed by atoms with van der Waals surface area (Å²) in [5, 5.41) is 13.2. The van der Waals surface area contributed by atoms with Gasteiger partial charge in [0.25, 0.3) is 0 Å². The van der Waals surface area contributed by atoms with Gasteiger partial charge in [-0.05, 0) is 11.1 Å². The minimum Gasteiger partial charge on any atom is -0.411 e. The molecule has 3 rings (SSSR count). The molecule has 1 saturated heterocycles. The van der Waals surface area contributed by atoms with Crippen molar-refractivity contribution in [2.45, 2.75) is 25.4 Å². The first kappa shape index (κ1) is 16.5. The van der Waals surface area contributed by atoms with Crippen LogP contribution in [0.4, 0.5) is 0 Å². The van der Waals surface area contributed by atoms with Gasteiger partial charge in [-0.15, -0.1) is 6.58 Å². The van der Waals surface area contributed by atoms with Gasteiger partial charge in [0.05, 0.1) is 5.71 Å². The summed E-state index contributed by atoms with van der Waals surface area (Å²) >= 11 is 0. The molecule has 3 atom stereocenters. The van der Waals surface area contributed by atoms with Gasteiger partial charge in [-0.25, -0.2) is 0 Å². The first-order valence-electron chi connectivity index (χ1n) is 8.43. The smallest absolute Gasteiger partial charge is 0.0636 e. The van der Waals surface area contributed by atoms with Crippen molar-refractivity contribution >= 4 is 5.71 Å². The monoisotopic (exact) mass is 320 g/mol. The maximum atomic E-state index is 9.56. The topological polar surface area (TPSA) is 35.8 Å². The summed E-state index contributed by atoms with van der Waals surface area (Å²) in [6, 6.07) is 21.3. The molecule has 2 aromatic carbocycles. The van der Waals surface area contributed by atoms with E-state index in [2.05, 4.69) is 72.1 Å². The first-order valence-corrected chi connectivity index (χ1v) is 8.43. The molecule has 0 aromatic heterocycles. The average Bonchev–Trinajstić information content (AvgIpc) is 2.64. The van der Waals surface area contributed by atoms with E-state index in [1.165, 1.54) is 11.1 Å². The Kier molecular flexibility index (Phi) is 5.11. The zero-order valence-electron chi connectivity index (χ0n) is 14.0. The Morgan fingerprint density at radius 2 is 1.67 bits per heavy atom. The maximum Gasteiger partial charge on any atom is 0.0636 e. The van der Waals surface area contributed by atoms with Gasteiger partial charge < -0.3 is 5.21 Å². The number of benzene rings is 2. The fourth-order valence-electron chi connectivity index (χ4n) is 3.80. The summed E-state index contributed by atoms with van der Waals surface area (Å²) < 4.78 is 0. The van der Waals surface area contributed by atoms with Crippen LogP contribution in [0.3, 0.4) is 0 Å². The van der Waals surface area contributed by atoms with Gasteiger partial charge in [0, 0.05) is 31.0 Å². The Hall–Kier alpha value is -2.39. The highest BCUT2D eigenvalue weighted by Crippen LogP contribution is 2.43. The van der Waals surface area contributed by atoms with E-state index in [1.54, 1.807) is 0 Å². The van der Waals surface area contributed by atoms with Gasteiger partial charge in [-0.2, -0.15) is 0 Å². The largest absolute Gasteiger partial charge is 0.411 e. The van der Waals surface area contributed by atoms with Gasteiger partial charge in [-0.3, -0.25) is 4.90 Å². The molecule has 124 valence electrons. The van der Waals surface area contributed by atoms with E-state index >= 15 is 0 Å². The van der Waals surface area contributed by atoms with Crippen LogP contribution in [0.5, 0.6) is 0 Å². The van der Waals surface area contributed by atoms with Gasteiger partial charge >= 0.3 is 0 Å². The molecule has 0 aliphatic carbocycles. The quantitative estimate of drug-likeness (QED) is 0.498. The second kappa shape index (κ2) is 7.45. The Bertz CT molecular complexity index is 696. The molecule has 24 heavy (non-hydrogen) atoms. The van der Waals surface area contributed by atoms with E-state index in [1.807, 2.05) is 18.2 Å². The predicted octanol–water partition coefficient (Wildman–Crippen LogP) is 4.83. The Morgan fingerprint density at radius 1 is 1.08 bits per heavy atom. The SMILES string of the molecule is C=CCN1C(c2ccccc2)C/C(=N\O)C(C)C1c1ccccc1. The Balaban J connectivity index is 2.07. The van der Waals surface area contributed by atoms with Crippen LogP contribution in [0, 0.1) is 5.92 Å². The van der Waals surface area contributed by atoms with Gasteiger partial charge in [0.1, 0.15) is 0 Å². The highest BCUT2D eigenvalue weighted by atomic mass is 16.4. The molecule has 0 spiro atoms. The molecule has 1 N–H and O–H groups in total. The van der Waals surface area contributed by atoms with E-state index < -0.39 is 0 Å². The summed E-state index contributed by atoms with van der Waals surface area (Å²) in [5.74, 6) is 0.150. The Morgan fingerprint density at radius 3 is 2.21 bits per heavy atom. The van der Waals surface area contributed by atoms with Crippen LogP contribution in [0.15, 0.2) is 78.5 Å². The lowest BCUT2D eigenvalue weighted by molar-refractivity contribution is 0.109. The van der Waals surface area contributed by atoms with Crippen molar-refractivity contribution in [2.24, 2.45) is 11.1 Å². The molecule has 0 bridgehead atoms. The van der Waals surface area contributed by atoms with Crippen LogP contribution in [0.25, 0.3) is 0 Å². The van der Waals surface area contributed by atoms with Gasteiger partial charge in [0.2, 0.25) is 0 Å². The summed E-state index contributed by atoms with van der Waals surface area (Å²) in [5.41, 5.74) is 3.35. The molecule has 2 aromatic rings. The lowest BCUT2D eigenvalue weighted by atomic mass is 9.79. The van der Waals surface area contributed by atoms with Crippen LogP contribution in [-0.2, 0) is 0 Å². The lowest BCUT2D eigenvalue weighted by Crippen LogP contribution is -2.44.